The van der Waals surface area contributed by atoms with Gasteiger partial charge >= 0.3 is 0 Å². The lowest BCUT2D eigenvalue weighted by molar-refractivity contribution is -0.121. The van der Waals surface area contributed by atoms with Gasteiger partial charge in [0.2, 0.25) is 5.91 Å². The van der Waals surface area contributed by atoms with Gasteiger partial charge in [0.05, 0.1) is 5.69 Å². The second-order valence-electron chi connectivity index (χ2n) is 7.08. The molecule has 0 atom stereocenters. The molecule has 2 heterocycles. The molecule has 1 aromatic heterocycles. The van der Waals surface area contributed by atoms with Crippen LogP contribution in [0.3, 0.4) is 0 Å². The number of halogens is 2. The molecular weight excluding hydrogens is 425 g/mol. The molecule has 4 rings (SSSR count). The van der Waals surface area contributed by atoms with E-state index in [4.69, 9.17) is 11.6 Å². The maximum Gasteiger partial charge on any atom is 0.253 e. The molecule has 3 aromatic rings. The fourth-order valence-electron chi connectivity index (χ4n) is 3.45. The first-order valence-electron chi connectivity index (χ1n) is 9.57. The normalized spacial score (nSPS) is 14.5. The summed E-state index contributed by atoms with van der Waals surface area (Å²) < 4.78 is 13.0. The van der Waals surface area contributed by atoms with Gasteiger partial charge in [-0.15, -0.1) is 11.3 Å². The molecule has 1 saturated heterocycles. The fourth-order valence-corrected chi connectivity index (χ4v) is 4.40. The van der Waals surface area contributed by atoms with Gasteiger partial charge < -0.3 is 10.2 Å². The van der Waals surface area contributed by atoms with Crippen LogP contribution in [-0.2, 0) is 4.79 Å². The van der Waals surface area contributed by atoms with Crippen molar-refractivity contribution in [3.8, 4) is 11.3 Å². The van der Waals surface area contributed by atoms with Gasteiger partial charge in [-0.3, -0.25) is 9.59 Å². The number of benzene rings is 2. The van der Waals surface area contributed by atoms with Crippen LogP contribution in [0.1, 0.15) is 23.2 Å². The third-order valence-electron chi connectivity index (χ3n) is 5.13. The van der Waals surface area contributed by atoms with Gasteiger partial charge in [0, 0.05) is 40.5 Å². The van der Waals surface area contributed by atoms with Gasteiger partial charge in [0.1, 0.15) is 5.82 Å². The van der Waals surface area contributed by atoms with Crippen LogP contribution in [0.25, 0.3) is 11.3 Å². The zero-order chi connectivity index (χ0) is 21.1. The van der Waals surface area contributed by atoms with Crippen LogP contribution in [0.5, 0.6) is 0 Å². The molecular formula is C22H19ClFN3O2S. The molecule has 0 aliphatic carbocycles. The van der Waals surface area contributed by atoms with Gasteiger partial charge in [0.15, 0.2) is 5.13 Å². The molecule has 0 bridgehead atoms. The fraction of sp³-hybridized carbons (Fsp3) is 0.227. The molecule has 30 heavy (non-hydrogen) atoms. The Morgan fingerprint density at radius 1 is 1.10 bits per heavy atom. The van der Waals surface area contributed by atoms with E-state index in [1.807, 2.05) is 23.6 Å². The van der Waals surface area contributed by atoms with Crippen LogP contribution in [0.15, 0.2) is 53.9 Å². The predicted molar refractivity (Wildman–Crippen MR) is 116 cm³/mol. The summed E-state index contributed by atoms with van der Waals surface area (Å²) in [5.41, 5.74) is 2.00. The van der Waals surface area contributed by atoms with Gasteiger partial charge in [-0.2, -0.15) is 0 Å². The van der Waals surface area contributed by atoms with E-state index in [9.17, 15) is 14.0 Å². The number of thiazole rings is 1. The lowest BCUT2D eigenvalue weighted by Gasteiger charge is -2.31. The van der Waals surface area contributed by atoms with Crippen LogP contribution >= 0.6 is 22.9 Å². The summed E-state index contributed by atoms with van der Waals surface area (Å²) >= 11 is 7.57. The second-order valence-corrected chi connectivity index (χ2v) is 8.35. The maximum absolute atomic E-state index is 13.0. The molecule has 1 aliphatic rings. The smallest absolute Gasteiger partial charge is 0.253 e. The van der Waals surface area contributed by atoms with Crippen LogP contribution in [-0.4, -0.2) is 34.8 Å². The van der Waals surface area contributed by atoms with Crippen molar-refractivity contribution in [3.05, 3.63) is 70.3 Å². The summed E-state index contributed by atoms with van der Waals surface area (Å²) in [5.74, 6) is -0.793. The first-order valence-corrected chi connectivity index (χ1v) is 10.8. The monoisotopic (exact) mass is 443 g/mol. The minimum Gasteiger partial charge on any atom is -0.339 e. The number of anilines is 1. The average Bonchev–Trinajstić information content (AvgIpc) is 3.22. The van der Waals surface area contributed by atoms with Crippen molar-refractivity contribution in [2.24, 2.45) is 5.92 Å². The molecule has 0 spiro atoms. The number of hydrogen-bond acceptors (Lipinski definition) is 4. The van der Waals surface area contributed by atoms with Crippen molar-refractivity contribution in [2.75, 3.05) is 18.4 Å². The molecule has 2 aromatic carbocycles. The van der Waals surface area contributed by atoms with E-state index in [0.29, 0.717) is 41.6 Å². The first kappa shape index (κ1) is 20.5. The molecule has 0 unspecified atom stereocenters. The molecule has 0 saturated carbocycles. The zero-order valence-corrected chi connectivity index (χ0v) is 17.5. The number of carbonyl (C=O) groups is 2. The number of nitrogens with zero attached hydrogens (tertiary/aromatic N) is 2. The minimum atomic E-state index is -0.373. The van der Waals surface area contributed by atoms with Crippen molar-refractivity contribution >= 4 is 39.9 Å². The first-order chi connectivity index (χ1) is 14.5. The third-order valence-corrected chi connectivity index (χ3v) is 6.22. The highest BCUT2D eigenvalue weighted by Gasteiger charge is 2.28. The number of aromatic nitrogens is 1. The van der Waals surface area contributed by atoms with Crippen molar-refractivity contribution in [1.82, 2.24) is 9.88 Å². The summed E-state index contributed by atoms with van der Waals surface area (Å²) in [5, 5.41) is 5.88. The van der Waals surface area contributed by atoms with E-state index in [1.165, 1.54) is 35.6 Å². The van der Waals surface area contributed by atoms with Crippen molar-refractivity contribution in [2.45, 2.75) is 12.8 Å². The number of rotatable bonds is 4. The van der Waals surface area contributed by atoms with Crippen molar-refractivity contribution < 1.29 is 14.0 Å². The summed E-state index contributed by atoms with van der Waals surface area (Å²) in [7, 11) is 0. The Labute approximate surface area is 182 Å². The molecule has 5 nitrogen and oxygen atoms in total. The van der Waals surface area contributed by atoms with E-state index in [0.717, 1.165) is 11.3 Å². The third kappa shape index (κ3) is 4.52. The average molecular weight is 444 g/mol. The van der Waals surface area contributed by atoms with Gasteiger partial charge in [-0.1, -0.05) is 29.8 Å². The highest BCUT2D eigenvalue weighted by atomic mass is 35.5. The largest absolute Gasteiger partial charge is 0.339 e. The topological polar surface area (TPSA) is 62.3 Å². The van der Waals surface area contributed by atoms with Crippen molar-refractivity contribution in [3.63, 3.8) is 0 Å². The molecule has 0 radical (unpaired) electrons. The van der Waals surface area contributed by atoms with Gasteiger partial charge in [-0.05, 0) is 43.2 Å². The van der Waals surface area contributed by atoms with Crippen LogP contribution < -0.4 is 5.32 Å². The Bertz CT molecular complexity index is 1060. The Balaban J connectivity index is 1.33. The summed E-state index contributed by atoms with van der Waals surface area (Å²) in [6.45, 7) is 0.966. The number of hydrogen-bond donors (Lipinski definition) is 1. The van der Waals surface area contributed by atoms with Crippen LogP contribution in [0.4, 0.5) is 9.52 Å². The molecule has 2 amide bonds. The van der Waals surface area contributed by atoms with E-state index < -0.39 is 0 Å². The Hall–Kier alpha value is -2.77. The number of likely N-dealkylation sites (tertiary alicyclic amines) is 1. The maximum atomic E-state index is 13.0. The summed E-state index contributed by atoms with van der Waals surface area (Å²) in [4.78, 5) is 31.4. The number of carbonyl (C=O) groups excluding carboxylic acids is 2. The van der Waals surface area contributed by atoms with E-state index in [-0.39, 0.29) is 23.5 Å². The van der Waals surface area contributed by atoms with E-state index >= 15 is 0 Å². The van der Waals surface area contributed by atoms with Crippen LogP contribution in [0, 0.1) is 11.7 Å². The zero-order valence-electron chi connectivity index (χ0n) is 16.0. The second kappa shape index (κ2) is 8.93. The highest BCUT2D eigenvalue weighted by Crippen LogP contribution is 2.31. The lowest BCUT2D eigenvalue weighted by atomic mass is 9.95. The van der Waals surface area contributed by atoms with E-state index in [2.05, 4.69) is 10.3 Å². The van der Waals surface area contributed by atoms with E-state index in [1.54, 1.807) is 11.0 Å². The highest BCUT2D eigenvalue weighted by molar-refractivity contribution is 7.14. The summed E-state index contributed by atoms with van der Waals surface area (Å²) in [6.07, 6.45) is 1.14. The predicted octanol–water partition coefficient (Wildman–Crippen LogP) is 5.09. The van der Waals surface area contributed by atoms with Gasteiger partial charge in [0.25, 0.3) is 5.91 Å². The minimum absolute atomic E-state index is 0.0936. The Morgan fingerprint density at radius 3 is 2.50 bits per heavy atom. The molecule has 1 fully saturated rings. The molecule has 154 valence electrons. The summed E-state index contributed by atoms with van der Waals surface area (Å²) in [6, 6.07) is 12.9. The number of piperidine rings is 1. The number of nitrogens with one attached hydrogen (secondary N) is 1. The van der Waals surface area contributed by atoms with Crippen molar-refractivity contribution in [1.29, 1.82) is 0 Å². The molecule has 8 heteroatoms. The quantitative estimate of drug-likeness (QED) is 0.610. The standard InChI is InChI=1S/C22H19ClFN3O2S/c23-18-4-2-1-3-17(18)19-13-30-22(25-19)26-20(28)14-9-11-27(12-10-14)21(29)15-5-7-16(24)8-6-15/h1-8,13-14H,9-12H2,(H,25,26,28). The van der Waals surface area contributed by atoms with Gasteiger partial charge in [-0.25, -0.2) is 9.37 Å². The Kier molecular flexibility index (Phi) is 6.11. The number of amides is 2. The SMILES string of the molecule is O=C(Nc1nc(-c2ccccc2Cl)cs1)C1CCN(C(=O)c2ccc(F)cc2)CC1. The Morgan fingerprint density at radius 2 is 1.80 bits per heavy atom. The lowest BCUT2D eigenvalue weighted by Crippen LogP contribution is -2.41. The molecule has 1 aliphatic heterocycles. The van der Waals surface area contributed by atoms with Crippen LogP contribution in [0.2, 0.25) is 5.02 Å². The molecule has 1 N–H and O–H groups in total.